The highest BCUT2D eigenvalue weighted by Crippen LogP contribution is 2.21. The van der Waals surface area contributed by atoms with Gasteiger partial charge in [0.05, 0.1) is 0 Å². The molecule has 3 heteroatoms. The van der Waals surface area contributed by atoms with Crippen LogP contribution < -0.4 is 11.1 Å². The van der Waals surface area contributed by atoms with E-state index in [-0.39, 0.29) is 0 Å². The third-order valence-corrected chi connectivity index (χ3v) is 2.48. The highest BCUT2D eigenvalue weighted by atomic mass is 35.5. The largest absolute Gasteiger partial charge is 0.399 e. The normalized spacial score (nSPS) is 10.1. The Morgan fingerprint density at radius 2 is 1.69 bits per heavy atom. The number of anilines is 3. The number of rotatable bonds is 2. The molecule has 0 heterocycles. The Morgan fingerprint density at radius 1 is 1.00 bits per heavy atom. The Morgan fingerprint density at radius 3 is 2.31 bits per heavy atom. The Labute approximate surface area is 100 Å². The maximum atomic E-state index is 5.82. The molecule has 0 aromatic heterocycles. The summed E-state index contributed by atoms with van der Waals surface area (Å²) in [5, 5.41) is 4.00. The maximum absolute atomic E-state index is 5.82. The molecule has 0 spiro atoms. The first kappa shape index (κ1) is 10.8. The van der Waals surface area contributed by atoms with E-state index in [0.717, 1.165) is 27.6 Å². The fourth-order valence-corrected chi connectivity index (χ4v) is 1.71. The molecule has 0 atom stereocenters. The van der Waals surface area contributed by atoms with E-state index in [2.05, 4.69) is 5.32 Å². The number of hydrogen-bond donors (Lipinski definition) is 2. The molecular weight excluding hydrogens is 220 g/mol. The monoisotopic (exact) mass is 232 g/mol. The molecule has 2 rings (SSSR count). The first-order valence-corrected chi connectivity index (χ1v) is 5.41. The van der Waals surface area contributed by atoms with Gasteiger partial charge in [0.15, 0.2) is 0 Å². The Balaban J connectivity index is 2.23. The minimum absolute atomic E-state index is 0.731. The van der Waals surface area contributed by atoms with E-state index in [4.69, 9.17) is 17.3 Å². The van der Waals surface area contributed by atoms with Crippen LogP contribution in [0.1, 0.15) is 5.56 Å². The summed E-state index contributed by atoms with van der Waals surface area (Å²) in [6, 6.07) is 13.5. The van der Waals surface area contributed by atoms with Crippen molar-refractivity contribution in [3.8, 4) is 0 Å². The zero-order valence-corrected chi connectivity index (χ0v) is 9.75. The predicted octanol–water partition coefficient (Wildman–Crippen LogP) is 3.97. The van der Waals surface area contributed by atoms with Gasteiger partial charge >= 0.3 is 0 Å². The Bertz CT molecular complexity index is 472. The summed E-state index contributed by atoms with van der Waals surface area (Å²) in [7, 11) is 0. The van der Waals surface area contributed by atoms with E-state index in [9.17, 15) is 0 Å². The molecule has 82 valence electrons. The molecule has 0 amide bonds. The van der Waals surface area contributed by atoms with Crippen LogP contribution in [-0.4, -0.2) is 0 Å². The number of hydrogen-bond acceptors (Lipinski definition) is 2. The highest BCUT2D eigenvalue weighted by Gasteiger charge is 1.97. The van der Waals surface area contributed by atoms with Crippen molar-refractivity contribution in [2.45, 2.75) is 6.92 Å². The van der Waals surface area contributed by atoms with Gasteiger partial charge in [0, 0.05) is 22.1 Å². The SMILES string of the molecule is Cc1cc(N)cc(Nc2ccc(Cl)cc2)c1. The number of nitrogens with one attached hydrogen (secondary N) is 1. The van der Waals surface area contributed by atoms with Crippen LogP contribution in [0.2, 0.25) is 5.02 Å². The van der Waals surface area contributed by atoms with E-state index in [1.807, 2.05) is 49.4 Å². The summed E-state index contributed by atoms with van der Waals surface area (Å²) in [4.78, 5) is 0. The lowest BCUT2D eigenvalue weighted by Crippen LogP contribution is -1.93. The van der Waals surface area contributed by atoms with E-state index in [1.165, 1.54) is 0 Å². The van der Waals surface area contributed by atoms with Gasteiger partial charge in [0.25, 0.3) is 0 Å². The maximum Gasteiger partial charge on any atom is 0.0407 e. The molecule has 0 saturated carbocycles. The third-order valence-electron chi connectivity index (χ3n) is 2.23. The van der Waals surface area contributed by atoms with Gasteiger partial charge in [-0.2, -0.15) is 0 Å². The van der Waals surface area contributed by atoms with Crippen LogP contribution in [0.15, 0.2) is 42.5 Å². The lowest BCUT2D eigenvalue weighted by atomic mass is 10.2. The molecule has 0 fully saturated rings. The molecule has 2 nitrogen and oxygen atoms in total. The van der Waals surface area contributed by atoms with Crippen molar-refractivity contribution in [2.24, 2.45) is 0 Å². The van der Waals surface area contributed by atoms with E-state index in [0.29, 0.717) is 0 Å². The minimum Gasteiger partial charge on any atom is -0.399 e. The first-order chi connectivity index (χ1) is 7.63. The summed E-state index contributed by atoms with van der Waals surface area (Å²) in [5.41, 5.74) is 9.65. The molecule has 0 radical (unpaired) electrons. The molecule has 2 aromatic rings. The fourth-order valence-electron chi connectivity index (χ4n) is 1.58. The lowest BCUT2D eigenvalue weighted by Gasteiger charge is -2.08. The molecule has 3 N–H and O–H groups in total. The minimum atomic E-state index is 0.731. The van der Waals surface area contributed by atoms with Crippen LogP contribution in [-0.2, 0) is 0 Å². The molecule has 0 bridgehead atoms. The topological polar surface area (TPSA) is 38.0 Å². The van der Waals surface area contributed by atoms with Gasteiger partial charge < -0.3 is 11.1 Å². The molecule has 0 aliphatic carbocycles. The third kappa shape index (κ3) is 2.67. The van der Waals surface area contributed by atoms with E-state index >= 15 is 0 Å². The second-order valence-corrected chi connectivity index (χ2v) is 4.20. The lowest BCUT2D eigenvalue weighted by molar-refractivity contribution is 1.45. The van der Waals surface area contributed by atoms with Crippen LogP contribution in [0.3, 0.4) is 0 Å². The van der Waals surface area contributed by atoms with Gasteiger partial charge in [0.1, 0.15) is 0 Å². The van der Waals surface area contributed by atoms with E-state index < -0.39 is 0 Å². The number of halogens is 1. The van der Waals surface area contributed by atoms with Gasteiger partial charge in [-0.25, -0.2) is 0 Å². The number of benzene rings is 2. The molecule has 0 aliphatic rings. The molecule has 2 aromatic carbocycles. The average Bonchev–Trinajstić information content (AvgIpc) is 2.20. The summed E-state index contributed by atoms with van der Waals surface area (Å²) in [6.07, 6.45) is 0. The van der Waals surface area contributed by atoms with Crippen LogP contribution in [0.5, 0.6) is 0 Å². The first-order valence-electron chi connectivity index (χ1n) is 5.03. The van der Waals surface area contributed by atoms with Crippen molar-refractivity contribution < 1.29 is 0 Å². The van der Waals surface area contributed by atoms with Crippen LogP contribution in [0, 0.1) is 6.92 Å². The Hall–Kier alpha value is -1.67. The van der Waals surface area contributed by atoms with Crippen molar-refractivity contribution in [3.63, 3.8) is 0 Å². The van der Waals surface area contributed by atoms with Crippen LogP contribution in [0.4, 0.5) is 17.1 Å². The summed E-state index contributed by atoms with van der Waals surface area (Å²) in [5.74, 6) is 0. The van der Waals surface area contributed by atoms with Gasteiger partial charge in [0.2, 0.25) is 0 Å². The smallest absolute Gasteiger partial charge is 0.0407 e. The van der Waals surface area contributed by atoms with Crippen molar-refractivity contribution in [1.29, 1.82) is 0 Å². The van der Waals surface area contributed by atoms with Gasteiger partial charge in [-0.1, -0.05) is 11.6 Å². The quantitative estimate of drug-likeness (QED) is 0.769. The zero-order chi connectivity index (χ0) is 11.5. The number of aryl methyl sites for hydroxylation is 1. The van der Waals surface area contributed by atoms with E-state index in [1.54, 1.807) is 0 Å². The highest BCUT2D eigenvalue weighted by molar-refractivity contribution is 6.30. The second-order valence-electron chi connectivity index (χ2n) is 3.76. The number of nitrogens with two attached hydrogens (primary N) is 1. The fraction of sp³-hybridized carbons (Fsp3) is 0.0769. The summed E-state index contributed by atoms with van der Waals surface area (Å²) < 4.78 is 0. The average molecular weight is 233 g/mol. The van der Waals surface area contributed by atoms with Gasteiger partial charge in [-0.05, 0) is 55.0 Å². The van der Waals surface area contributed by atoms with Crippen LogP contribution in [0.25, 0.3) is 0 Å². The van der Waals surface area contributed by atoms with Crippen molar-refractivity contribution in [1.82, 2.24) is 0 Å². The Kier molecular flexibility index (Phi) is 3.02. The van der Waals surface area contributed by atoms with Crippen molar-refractivity contribution in [3.05, 3.63) is 53.1 Å². The van der Waals surface area contributed by atoms with Crippen LogP contribution >= 0.6 is 11.6 Å². The molecule has 0 unspecified atom stereocenters. The van der Waals surface area contributed by atoms with Gasteiger partial charge in [-0.15, -0.1) is 0 Å². The van der Waals surface area contributed by atoms with Gasteiger partial charge in [-0.3, -0.25) is 0 Å². The molecule has 0 aliphatic heterocycles. The standard InChI is InChI=1S/C13H13ClN2/c1-9-6-11(15)8-13(7-9)16-12-4-2-10(14)3-5-12/h2-8,16H,15H2,1H3. The predicted molar refractivity (Wildman–Crippen MR) is 70.3 cm³/mol. The van der Waals surface area contributed by atoms with Crippen molar-refractivity contribution >= 4 is 28.7 Å². The summed E-state index contributed by atoms with van der Waals surface area (Å²) >= 11 is 5.82. The summed E-state index contributed by atoms with van der Waals surface area (Å²) in [6.45, 7) is 2.02. The molecule has 0 saturated heterocycles. The second kappa shape index (κ2) is 4.45. The zero-order valence-electron chi connectivity index (χ0n) is 9.00. The number of nitrogen functional groups attached to an aromatic ring is 1. The molecular formula is C13H13ClN2. The van der Waals surface area contributed by atoms with Crippen molar-refractivity contribution in [2.75, 3.05) is 11.1 Å². The molecule has 16 heavy (non-hydrogen) atoms.